The smallest absolute Gasteiger partial charge is 0.0252 e. The Hall–Kier alpha value is -0.0800. The van der Waals surface area contributed by atoms with Crippen LogP contribution in [0.3, 0.4) is 0 Å². The summed E-state index contributed by atoms with van der Waals surface area (Å²) in [7, 11) is 0. The molecule has 0 aromatic heterocycles. The Bertz CT molecular complexity index is 277. The lowest BCUT2D eigenvalue weighted by Gasteiger charge is -2.48. The molecule has 1 atom stereocenters. The lowest BCUT2D eigenvalue weighted by atomic mass is 9.82. The van der Waals surface area contributed by atoms with E-state index in [1.807, 2.05) is 0 Å². The van der Waals surface area contributed by atoms with Crippen molar-refractivity contribution in [3.63, 3.8) is 0 Å². The lowest BCUT2D eigenvalue weighted by Crippen LogP contribution is -2.63. The van der Waals surface area contributed by atoms with Crippen molar-refractivity contribution in [3.8, 4) is 0 Å². The van der Waals surface area contributed by atoms with Crippen LogP contribution in [-0.4, -0.2) is 36.1 Å². The highest BCUT2D eigenvalue weighted by Gasteiger charge is 2.35. The van der Waals surface area contributed by atoms with Crippen LogP contribution in [0.5, 0.6) is 0 Å². The van der Waals surface area contributed by atoms with Gasteiger partial charge in [-0.3, -0.25) is 4.90 Å². The van der Waals surface area contributed by atoms with Gasteiger partial charge in [-0.1, -0.05) is 33.6 Å². The summed E-state index contributed by atoms with van der Waals surface area (Å²) in [5.41, 5.74) is 0.285. The van der Waals surface area contributed by atoms with Crippen molar-refractivity contribution in [2.45, 2.75) is 71.9 Å². The summed E-state index contributed by atoms with van der Waals surface area (Å²) < 4.78 is 0. The van der Waals surface area contributed by atoms with E-state index in [9.17, 15) is 0 Å². The SMILES string of the molecule is CC1CCC(CN2CC(C)(C)NCC2C(C)C)CC1. The molecule has 1 unspecified atom stereocenters. The number of hydrogen-bond acceptors (Lipinski definition) is 2. The lowest BCUT2D eigenvalue weighted by molar-refractivity contribution is 0.0471. The van der Waals surface area contributed by atoms with Crippen LogP contribution in [-0.2, 0) is 0 Å². The maximum Gasteiger partial charge on any atom is 0.0252 e. The highest BCUT2D eigenvalue weighted by Crippen LogP contribution is 2.31. The van der Waals surface area contributed by atoms with Crippen LogP contribution in [0.25, 0.3) is 0 Å². The molecule has 1 N–H and O–H groups in total. The highest BCUT2D eigenvalue weighted by molar-refractivity contribution is 4.94. The Labute approximate surface area is 120 Å². The van der Waals surface area contributed by atoms with Crippen molar-refractivity contribution in [2.75, 3.05) is 19.6 Å². The van der Waals surface area contributed by atoms with Crippen LogP contribution in [0, 0.1) is 17.8 Å². The van der Waals surface area contributed by atoms with Crippen LogP contribution in [0.2, 0.25) is 0 Å². The molecule has 0 bridgehead atoms. The Morgan fingerprint density at radius 1 is 1.16 bits per heavy atom. The normalized spacial score (nSPS) is 36.6. The fourth-order valence-corrected chi connectivity index (χ4v) is 3.89. The predicted octanol–water partition coefficient (Wildman–Crippen LogP) is 3.52. The molecule has 2 aliphatic rings. The minimum atomic E-state index is 0.285. The Morgan fingerprint density at radius 2 is 1.79 bits per heavy atom. The van der Waals surface area contributed by atoms with E-state index in [0.29, 0.717) is 0 Å². The van der Waals surface area contributed by atoms with Gasteiger partial charge in [-0.2, -0.15) is 0 Å². The van der Waals surface area contributed by atoms with Crippen molar-refractivity contribution in [1.82, 2.24) is 10.2 Å². The molecule has 0 radical (unpaired) electrons. The number of hydrogen-bond donors (Lipinski definition) is 1. The molecule has 0 amide bonds. The molecule has 2 fully saturated rings. The van der Waals surface area contributed by atoms with Crippen molar-refractivity contribution in [1.29, 1.82) is 0 Å². The minimum Gasteiger partial charge on any atom is -0.309 e. The largest absolute Gasteiger partial charge is 0.309 e. The van der Waals surface area contributed by atoms with Gasteiger partial charge in [0.05, 0.1) is 0 Å². The van der Waals surface area contributed by atoms with Crippen molar-refractivity contribution in [2.24, 2.45) is 17.8 Å². The minimum absolute atomic E-state index is 0.285. The fraction of sp³-hybridized carbons (Fsp3) is 1.00. The Balaban J connectivity index is 1.94. The van der Waals surface area contributed by atoms with E-state index in [1.165, 1.54) is 38.8 Å². The van der Waals surface area contributed by atoms with Gasteiger partial charge in [0.2, 0.25) is 0 Å². The third-order valence-corrected chi connectivity index (χ3v) is 5.25. The molecule has 2 heteroatoms. The van der Waals surface area contributed by atoms with E-state index in [0.717, 1.165) is 30.3 Å². The van der Waals surface area contributed by atoms with Crippen LogP contribution < -0.4 is 5.32 Å². The number of piperazine rings is 1. The zero-order chi connectivity index (χ0) is 14.0. The molecular formula is C17H34N2. The van der Waals surface area contributed by atoms with Gasteiger partial charge in [0.25, 0.3) is 0 Å². The topological polar surface area (TPSA) is 15.3 Å². The van der Waals surface area contributed by atoms with Gasteiger partial charge < -0.3 is 5.32 Å². The monoisotopic (exact) mass is 266 g/mol. The first-order chi connectivity index (χ1) is 8.87. The molecule has 1 aliphatic carbocycles. The van der Waals surface area contributed by atoms with Crippen LogP contribution in [0.1, 0.15) is 60.3 Å². The second kappa shape index (κ2) is 6.13. The molecule has 112 valence electrons. The summed E-state index contributed by atoms with van der Waals surface area (Å²) in [5, 5.41) is 3.72. The third kappa shape index (κ3) is 4.19. The van der Waals surface area contributed by atoms with Gasteiger partial charge in [0.1, 0.15) is 0 Å². The average molecular weight is 266 g/mol. The second-order valence-electron chi connectivity index (χ2n) is 8.13. The van der Waals surface area contributed by atoms with Crippen molar-refractivity contribution >= 4 is 0 Å². The molecule has 1 heterocycles. The van der Waals surface area contributed by atoms with Gasteiger partial charge in [-0.15, -0.1) is 0 Å². The first-order valence-corrected chi connectivity index (χ1v) is 8.36. The van der Waals surface area contributed by atoms with Gasteiger partial charge in [-0.05, 0) is 44.4 Å². The molecule has 1 aliphatic heterocycles. The summed E-state index contributed by atoms with van der Waals surface area (Å²) in [6.45, 7) is 15.6. The predicted molar refractivity (Wildman–Crippen MR) is 83.4 cm³/mol. The molecule has 1 saturated heterocycles. The van der Waals surface area contributed by atoms with Crippen molar-refractivity contribution in [3.05, 3.63) is 0 Å². The Kier molecular flexibility index (Phi) is 4.94. The van der Waals surface area contributed by atoms with Crippen LogP contribution in [0.15, 0.2) is 0 Å². The summed E-state index contributed by atoms with van der Waals surface area (Å²) in [6.07, 6.45) is 5.81. The number of rotatable bonds is 3. The number of nitrogens with zero attached hydrogens (tertiary/aromatic N) is 1. The number of nitrogens with one attached hydrogen (secondary N) is 1. The molecule has 0 spiro atoms. The summed E-state index contributed by atoms with van der Waals surface area (Å²) in [6, 6.07) is 0.729. The molecule has 2 nitrogen and oxygen atoms in total. The first kappa shape index (κ1) is 15.3. The first-order valence-electron chi connectivity index (χ1n) is 8.36. The maximum atomic E-state index is 3.72. The molecule has 2 rings (SSSR count). The summed E-state index contributed by atoms with van der Waals surface area (Å²) in [5.74, 6) is 2.68. The van der Waals surface area contributed by atoms with E-state index in [-0.39, 0.29) is 5.54 Å². The zero-order valence-electron chi connectivity index (χ0n) is 13.7. The molecule has 19 heavy (non-hydrogen) atoms. The van der Waals surface area contributed by atoms with E-state index >= 15 is 0 Å². The summed E-state index contributed by atoms with van der Waals surface area (Å²) >= 11 is 0. The molecule has 0 aromatic rings. The fourth-order valence-electron chi connectivity index (χ4n) is 3.89. The molecule has 0 aromatic carbocycles. The van der Waals surface area contributed by atoms with Crippen LogP contribution in [0.4, 0.5) is 0 Å². The van der Waals surface area contributed by atoms with Gasteiger partial charge in [-0.25, -0.2) is 0 Å². The second-order valence-corrected chi connectivity index (χ2v) is 8.13. The van der Waals surface area contributed by atoms with Gasteiger partial charge in [0.15, 0.2) is 0 Å². The maximum absolute atomic E-state index is 3.72. The van der Waals surface area contributed by atoms with Gasteiger partial charge in [0, 0.05) is 31.2 Å². The van der Waals surface area contributed by atoms with Crippen LogP contribution >= 0.6 is 0 Å². The third-order valence-electron chi connectivity index (χ3n) is 5.25. The molecular weight excluding hydrogens is 232 g/mol. The van der Waals surface area contributed by atoms with E-state index in [4.69, 9.17) is 0 Å². The van der Waals surface area contributed by atoms with E-state index < -0.39 is 0 Å². The highest BCUT2D eigenvalue weighted by atomic mass is 15.3. The van der Waals surface area contributed by atoms with Crippen molar-refractivity contribution < 1.29 is 0 Å². The standard InChI is InChI=1S/C17H34N2/c1-13(2)16-10-18-17(4,5)12-19(16)11-15-8-6-14(3)7-9-15/h13-16,18H,6-12H2,1-5H3. The molecule has 1 saturated carbocycles. The summed E-state index contributed by atoms with van der Waals surface area (Å²) in [4.78, 5) is 2.79. The van der Waals surface area contributed by atoms with E-state index in [2.05, 4.69) is 44.8 Å². The zero-order valence-corrected chi connectivity index (χ0v) is 13.7. The van der Waals surface area contributed by atoms with Gasteiger partial charge >= 0.3 is 0 Å². The Morgan fingerprint density at radius 3 is 2.37 bits per heavy atom. The average Bonchev–Trinajstić information content (AvgIpc) is 2.30. The van der Waals surface area contributed by atoms with E-state index in [1.54, 1.807) is 0 Å². The quantitative estimate of drug-likeness (QED) is 0.841.